The Morgan fingerprint density at radius 1 is 1.33 bits per heavy atom. The van der Waals surface area contributed by atoms with Gasteiger partial charge in [-0.15, -0.1) is 11.3 Å². The molecule has 0 bridgehead atoms. The highest BCUT2D eigenvalue weighted by atomic mass is 79.9. The van der Waals surface area contributed by atoms with Crippen LogP contribution in [0.3, 0.4) is 0 Å². The molecule has 9 nitrogen and oxygen atoms in total. The second-order valence-electron chi connectivity index (χ2n) is 7.60. The van der Waals surface area contributed by atoms with Crippen LogP contribution in [0.15, 0.2) is 35.2 Å². The summed E-state index contributed by atoms with van der Waals surface area (Å²) in [5.41, 5.74) is 6.12. The summed E-state index contributed by atoms with van der Waals surface area (Å²) in [6.07, 6.45) is 3.95. The average molecular weight is 536 g/mol. The molecule has 4 heterocycles. The summed E-state index contributed by atoms with van der Waals surface area (Å²) in [4.78, 5) is 29.4. The minimum Gasteiger partial charge on any atom is -0.365 e. The van der Waals surface area contributed by atoms with Crippen molar-refractivity contribution in [2.24, 2.45) is 5.73 Å². The number of anilines is 1. The summed E-state index contributed by atoms with van der Waals surface area (Å²) in [7, 11) is 0. The van der Waals surface area contributed by atoms with Crippen LogP contribution in [0, 0.1) is 0 Å². The van der Waals surface area contributed by atoms with Gasteiger partial charge in [-0.1, -0.05) is 0 Å². The number of fused-ring (bicyclic) bond motifs is 1. The molecule has 33 heavy (non-hydrogen) atoms. The molecular weight excluding hydrogens is 520 g/mol. The fraction of sp³-hybridized carbons (Fsp3) is 0.250. The number of pyridine rings is 1. The van der Waals surface area contributed by atoms with Crippen LogP contribution in [0.4, 0.5) is 14.5 Å². The Balaban J connectivity index is 1.50. The monoisotopic (exact) mass is 535 g/mol. The van der Waals surface area contributed by atoms with Crippen molar-refractivity contribution >= 4 is 55.0 Å². The number of nitrogens with two attached hydrogens (primary N) is 1. The van der Waals surface area contributed by atoms with E-state index < -0.39 is 18.2 Å². The molecule has 1 aliphatic carbocycles. The molecule has 0 aliphatic heterocycles. The number of carbonyl (C=O) groups excluding carboxylic acids is 2. The van der Waals surface area contributed by atoms with E-state index in [9.17, 15) is 18.4 Å². The smallest absolute Gasteiger partial charge is 0.280 e. The van der Waals surface area contributed by atoms with Crippen LogP contribution in [0.1, 0.15) is 56.6 Å². The van der Waals surface area contributed by atoms with Crippen LogP contribution < -0.4 is 11.1 Å². The molecule has 0 unspecified atom stereocenters. The lowest BCUT2D eigenvalue weighted by Crippen LogP contribution is -2.18. The maximum atomic E-state index is 13.4. The SMILES string of the molecule is NC(=O)c1sc2nc(C(F)F)cc(C3CC3)c2c1NC(=O)c1ccn(Cn2cc(Br)cn2)n1. The zero-order valence-electron chi connectivity index (χ0n) is 16.8. The number of primary amides is 1. The maximum Gasteiger partial charge on any atom is 0.280 e. The fourth-order valence-corrected chi connectivity index (χ4v) is 4.92. The predicted molar refractivity (Wildman–Crippen MR) is 121 cm³/mol. The Kier molecular flexibility index (Phi) is 5.44. The molecule has 0 radical (unpaired) electrons. The van der Waals surface area contributed by atoms with Crippen molar-refractivity contribution in [3.8, 4) is 0 Å². The van der Waals surface area contributed by atoms with Crippen LogP contribution in [-0.4, -0.2) is 36.4 Å². The molecule has 3 N–H and O–H groups in total. The molecule has 1 aliphatic rings. The van der Waals surface area contributed by atoms with E-state index in [0.29, 0.717) is 17.6 Å². The van der Waals surface area contributed by atoms with Crippen LogP contribution in [-0.2, 0) is 6.67 Å². The predicted octanol–water partition coefficient (Wildman–Crippen LogP) is 4.12. The molecule has 0 aromatic carbocycles. The van der Waals surface area contributed by atoms with Gasteiger partial charge in [0.1, 0.15) is 22.1 Å². The molecule has 0 saturated heterocycles. The lowest BCUT2D eigenvalue weighted by atomic mass is 10.0. The Morgan fingerprint density at radius 3 is 2.76 bits per heavy atom. The van der Waals surface area contributed by atoms with Crippen LogP contribution >= 0.6 is 27.3 Å². The summed E-state index contributed by atoms with van der Waals surface area (Å²) in [6, 6.07) is 2.89. The zero-order valence-corrected chi connectivity index (χ0v) is 19.2. The molecule has 170 valence electrons. The third-order valence-electron chi connectivity index (χ3n) is 5.18. The number of nitrogens with zero attached hydrogens (tertiary/aromatic N) is 5. The van der Waals surface area contributed by atoms with Crippen molar-refractivity contribution in [3.05, 3.63) is 57.0 Å². The molecule has 4 aromatic heterocycles. The Hall–Kier alpha value is -3.19. The van der Waals surface area contributed by atoms with E-state index in [4.69, 9.17) is 5.73 Å². The quantitative estimate of drug-likeness (QED) is 0.368. The van der Waals surface area contributed by atoms with E-state index in [2.05, 4.69) is 36.4 Å². The van der Waals surface area contributed by atoms with Crippen LogP contribution in [0.2, 0.25) is 0 Å². The topological polar surface area (TPSA) is 121 Å². The summed E-state index contributed by atoms with van der Waals surface area (Å²) in [6.45, 7) is 0.291. The third kappa shape index (κ3) is 4.25. The second-order valence-corrected chi connectivity index (χ2v) is 9.51. The van der Waals surface area contributed by atoms with E-state index in [1.807, 2.05) is 0 Å². The molecule has 1 fully saturated rings. The average Bonchev–Trinajstić information content (AvgIpc) is 3.18. The largest absolute Gasteiger partial charge is 0.365 e. The number of alkyl halides is 2. The van der Waals surface area contributed by atoms with Gasteiger partial charge in [-0.2, -0.15) is 10.2 Å². The highest BCUT2D eigenvalue weighted by Crippen LogP contribution is 2.48. The van der Waals surface area contributed by atoms with Gasteiger partial charge in [-0.25, -0.2) is 18.4 Å². The van der Waals surface area contributed by atoms with Gasteiger partial charge in [0, 0.05) is 17.8 Å². The molecule has 1 saturated carbocycles. The number of halogens is 3. The van der Waals surface area contributed by atoms with E-state index in [0.717, 1.165) is 28.7 Å². The molecule has 5 rings (SSSR count). The van der Waals surface area contributed by atoms with E-state index in [1.54, 1.807) is 23.3 Å². The summed E-state index contributed by atoms with van der Waals surface area (Å²) >= 11 is 4.21. The highest BCUT2D eigenvalue weighted by Gasteiger charge is 2.32. The number of rotatable bonds is 7. The summed E-state index contributed by atoms with van der Waals surface area (Å²) in [5, 5.41) is 11.6. The fourth-order valence-electron chi connectivity index (χ4n) is 3.57. The second kappa shape index (κ2) is 8.30. The van der Waals surface area contributed by atoms with E-state index in [1.165, 1.54) is 16.8 Å². The van der Waals surface area contributed by atoms with Crippen LogP contribution in [0.5, 0.6) is 0 Å². The minimum atomic E-state index is -2.75. The lowest BCUT2D eigenvalue weighted by Gasteiger charge is -2.09. The Bertz CT molecular complexity index is 1390. The standard InChI is InChI=1S/C20H16BrF2N7O2S/c21-10-6-25-30(7-10)8-29-4-3-12(28-29)19(32)27-15-14-11(9-1-2-9)5-13(17(22)23)26-20(14)33-16(15)18(24)31/h3-7,9,17H,1-2,8H2,(H2,24,31)(H,27,32). The van der Waals surface area contributed by atoms with Gasteiger partial charge in [-0.05, 0) is 52.4 Å². The van der Waals surface area contributed by atoms with Crippen LogP contribution in [0.25, 0.3) is 10.2 Å². The van der Waals surface area contributed by atoms with Gasteiger partial charge in [0.25, 0.3) is 18.2 Å². The summed E-state index contributed by atoms with van der Waals surface area (Å²) < 4.78 is 30.7. The van der Waals surface area contributed by atoms with Crippen molar-refractivity contribution in [1.82, 2.24) is 24.5 Å². The van der Waals surface area contributed by atoms with Crippen molar-refractivity contribution in [3.63, 3.8) is 0 Å². The molecule has 2 amide bonds. The highest BCUT2D eigenvalue weighted by molar-refractivity contribution is 9.10. The van der Waals surface area contributed by atoms with Crippen molar-refractivity contribution in [2.45, 2.75) is 31.9 Å². The summed E-state index contributed by atoms with van der Waals surface area (Å²) in [5.74, 6) is -1.26. The molecule has 0 spiro atoms. The number of hydrogen-bond donors (Lipinski definition) is 2. The number of carbonyl (C=O) groups is 2. The third-order valence-corrected chi connectivity index (χ3v) is 6.69. The first-order valence-corrected chi connectivity index (χ1v) is 11.5. The number of hydrogen-bond acceptors (Lipinski definition) is 6. The number of amides is 2. The van der Waals surface area contributed by atoms with Crippen molar-refractivity contribution in [2.75, 3.05) is 5.32 Å². The van der Waals surface area contributed by atoms with Gasteiger partial charge < -0.3 is 11.1 Å². The number of nitrogens with one attached hydrogen (secondary N) is 1. The van der Waals surface area contributed by atoms with Gasteiger partial charge in [0.05, 0.1) is 16.4 Å². The normalized spacial score (nSPS) is 13.7. The van der Waals surface area contributed by atoms with Crippen molar-refractivity contribution in [1.29, 1.82) is 0 Å². The molecule has 0 atom stereocenters. The van der Waals surface area contributed by atoms with Gasteiger partial charge in [0.2, 0.25) is 0 Å². The first kappa shape index (κ1) is 21.6. The van der Waals surface area contributed by atoms with Gasteiger partial charge >= 0.3 is 0 Å². The lowest BCUT2D eigenvalue weighted by molar-refractivity contribution is 0.100. The number of aromatic nitrogens is 5. The zero-order chi connectivity index (χ0) is 23.3. The first-order chi connectivity index (χ1) is 15.8. The molecular formula is C20H16BrF2N7O2S. The van der Waals surface area contributed by atoms with Gasteiger partial charge in [-0.3, -0.25) is 14.3 Å². The van der Waals surface area contributed by atoms with E-state index >= 15 is 0 Å². The first-order valence-electron chi connectivity index (χ1n) is 9.88. The van der Waals surface area contributed by atoms with Gasteiger partial charge in [0.15, 0.2) is 5.69 Å². The van der Waals surface area contributed by atoms with Crippen molar-refractivity contribution < 1.29 is 18.4 Å². The Labute approximate surface area is 197 Å². The van der Waals surface area contributed by atoms with E-state index in [-0.39, 0.29) is 32.7 Å². The minimum absolute atomic E-state index is 0.0555. The number of thiophene rings is 1. The molecule has 13 heteroatoms. The Morgan fingerprint density at radius 2 is 2.12 bits per heavy atom. The molecule has 4 aromatic rings. The maximum absolute atomic E-state index is 13.4.